The zero-order valence-electron chi connectivity index (χ0n) is 12.8. The van der Waals surface area contributed by atoms with Gasteiger partial charge in [-0.05, 0) is 72.1 Å². The topological polar surface area (TPSA) is 34.2 Å². The summed E-state index contributed by atoms with van der Waals surface area (Å²) in [5.41, 5.74) is 1.57. The van der Waals surface area contributed by atoms with E-state index in [-0.39, 0.29) is 5.41 Å². The quantitative estimate of drug-likeness (QED) is 0.761. The van der Waals surface area contributed by atoms with Crippen molar-refractivity contribution in [2.24, 2.45) is 11.3 Å². The molecule has 21 heavy (non-hydrogen) atoms. The molecule has 2 aliphatic rings. The van der Waals surface area contributed by atoms with Gasteiger partial charge in [0, 0.05) is 35.4 Å². The smallest absolute Gasteiger partial charge is 0.0675 e. The maximum atomic E-state index is 6.15. The van der Waals surface area contributed by atoms with Gasteiger partial charge < -0.3 is 10.1 Å². The zero-order chi connectivity index (χ0) is 14.7. The number of ether oxygens (including phenoxy) is 1. The van der Waals surface area contributed by atoms with Crippen LogP contribution in [0.1, 0.15) is 38.2 Å². The fourth-order valence-corrected chi connectivity index (χ4v) is 4.07. The molecule has 2 heterocycles. The monoisotopic (exact) mass is 352 g/mol. The van der Waals surface area contributed by atoms with E-state index in [0.29, 0.717) is 6.10 Å². The molecule has 116 valence electrons. The van der Waals surface area contributed by atoms with E-state index in [9.17, 15) is 0 Å². The van der Waals surface area contributed by atoms with Gasteiger partial charge in [-0.3, -0.25) is 4.98 Å². The molecule has 0 bridgehead atoms. The highest BCUT2D eigenvalue weighted by Gasteiger charge is 2.50. The third-order valence-corrected chi connectivity index (χ3v) is 5.21. The summed E-state index contributed by atoms with van der Waals surface area (Å²) in [6, 6.07) is 2.21. The number of hydrogen-bond acceptors (Lipinski definition) is 3. The van der Waals surface area contributed by atoms with Crippen LogP contribution in [-0.4, -0.2) is 30.8 Å². The summed E-state index contributed by atoms with van der Waals surface area (Å²) in [6.45, 7) is 5.29. The summed E-state index contributed by atoms with van der Waals surface area (Å²) >= 11 is 3.54. The van der Waals surface area contributed by atoms with Crippen LogP contribution in [-0.2, 0) is 11.2 Å². The summed E-state index contributed by atoms with van der Waals surface area (Å²) < 4.78 is 7.22. The van der Waals surface area contributed by atoms with Crippen molar-refractivity contribution in [3.63, 3.8) is 0 Å². The van der Waals surface area contributed by atoms with Crippen LogP contribution in [0.5, 0.6) is 0 Å². The first kappa shape index (κ1) is 15.4. The van der Waals surface area contributed by atoms with Crippen molar-refractivity contribution in [2.45, 2.75) is 45.1 Å². The van der Waals surface area contributed by atoms with E-state index >= 15 is 0 Å². The summed E-state index contributed by atoms with van der Waals surface area (Å²) in [5.74, 6) is 0.788. The van der Waals surface area contributed by atoms with Crippen LogP contribution >= 0.6 is 15.9 Å². The number of rotatable bonds is 7. The summed E-state index contributed by atoms with van der Waals surface area (Å²) in [4.78, 5) is 4.33. The van der Waals surface area contributed by atoms with E-state index in [2.05, 4.69) is 39.2 Å². The van der Waals surface area contributed by atoms with Gasteiger partial charge in [-0.15, -0.1) is 0 Å². The van der Waals surface area contributed by atoms with Crippen molar-refractivity contribution in [2.75, 3.05) is 19.7 Å². The van der Waals surface area contributed by atoms with Crippen LogP contribution in [0.3, 0.4) is 0 Å². The van der Waals surface area contributed by atoms with Gasteiger partial charge in [0.25, 0.3) is 0 Å². The number of aromatic nitrogens is 1. The van der Waals surface area contributed by atoms with Crippen LogP contribution < -0.4 is 5.32 Å². The molecule has 1 saturated carbocycles. The molecular weight excluding hydrogens is 328 g/mol. The maximum absolute atomic E-state index is 6.15. The Morgan fingerprint density at radius 1 is 1.43 bits per heavy atom. The van der Waals surface area contributed by atoms with Crippen molar-refractivity contribution in [1.29, 1.82) is 0 Å². The average Bonchev–Trinajstić information content (AvgIpc) is 3.22. The van der Waals surface area contributed by atoms with E-state index in [4.69, 9.17) is 4.74 Å². The molecule has 2 atom stereocenters. The van der Waals surface area contributed by atoms with Gasteiger partial charge in [0.1, 0.15) is 0 Å². The largest absolute Gasteiger partial charge is 0.377 e. The molecule has 3 nitrogen and oxygen atoms in total. The Kier molecular flexibility index (Phi) is 4.97. The Labute approximate surface area is 136 Å². The minimum atomic E-state index is 0.249. The molecule has 0 aromatic carbocycles. The molecule has 3 rings (SSSR count). The standard InChI is InChI=1S/C17H25BrN2O/c1-2-6-19-12-17(5-7-21-16(17)14-3-4-14)9-13-8-15(18)11-20-10-13/h8,10-11,14,16,19H,2-7,9,12H2,1H3. The number of hydrogen-bond donors (Lipinski definition) is 1. The van der Waals surface area contributed by atoms with Gasteiger partial charge in [0.15, 0.2) is 0 Å². The van der Waals surface area contributed by atoms with E-state index in [1.807, 2.05) is 12.4 Å². The van der Waals surface area contributed by atoms with Gasteiger partial charge in [0.2, 0.25) is 0 Å². The number of halogens is 1. The Morgan fingerprint density at radius 2 is 2.29 bits per heavy atom. The molecule has 1 aliphatic carbocycles. The number of pyridine rings is 1. The van der Waals surface area contributed by atoms with Gasteiger partial charge in [-0.25, -0.2) is 0 Å². The van der Waals surface area contributed by atoms with Gasteiger partial charge >= 0.3 is 0 Å². The van der Waals surface area contributed by atoms with Crippen LogP contribution in [0.25, 0.3) is 0 Å². The predicted molar refractivity (Wildman–Crippen MR) is 88.3 cm³/mol. The molecule has 1 aliphatic heterocycles. The summed E-state index contributed by atoms with van der Waals surface area (Å²) in [6.07, 6.45) is 10.4. The van der Waals surface area contributed by atoms with Crippen molar-refractivity contribution < 1.29 is 4.74 Å². The van der Waals surface area contributed by atoms with Crippen molar-refractivity contribution in [3.8, 4) is 0 Å². The lowest BCUT2D eigenvalue weighted by Gasteiger charge is -2.35. The van der Waals surface area contributed by atoms with Crippen LogP contribution in [0.4, 0.5) is 0 Å². The molecule has 1 N–H and O–H groups in total. The highest BCUT2D eigenvalue weighted by atomic mass is 79.9. The second kappa shape index (κ2) is 6.76. The van der Waals surface area contributed by atoms with Gasteiger partial charge in [-0.1, -0.05) is 6.92 Å². The van der Waals surface area contributed by atoms with Gasteiger partial charge in [-0.2, -0.15) is 0 Å². The zero-order valence-corrected chi connectivity index (χ0v) is 14.4. The Balaban J connectivity index is 1.77. The third kappa shape index (κ3) is 3.66. The molecule has 0 spiro atoms. The Hall–Kier alpha value is -0.450. The Bertz CT molecular complexity index is 478. The van der Waals surface area contributed by atoms with Crippen molar-refractivity contribution in [1.82, 2.24) is 10.3 Å². The third-order valence-electron chi connectivity index (χ3n) is 4.77. The second-order valence-electron chi connectivity index (χ2n) is 6.61. The first-order chi connectivity index (χ1) is 10.2. The van der Waals surface area contributed by atoms with Gasteiger partial charge in [0.05, 0.1) is 6.10 Å². The molecule has 0 amide bonds. The molecular formula is C17H25BrN2O. The van der Waals surface area contributed by atoms with Crippen LogP contribution in [0.2, 0.25) is 0 Å². The first-order valence-electron chi connectivity index (χ1n) is 8.15. The number of nitrogens with one attached hydrogen (secondary N) is 1. The van der Waals surface area contributed by atoms with Crippen LogP contribution in [0, 0.1) is 11.3 Å². The normalized spacial score (nSPS) is 29.0. The Morgan fingerprint density at radius 3 is 3.00 bits per heavy atom. The van der Waals surface area contributed by atoms with E-state index < -0.39 is 0 Å². The molecule has 1 aromatic rings. The molecule has 1 aromatic heterocycles. The van der Waals surface area contributed by atoms with E-state index in [0.717, 1.165) is 42.9 Å². The fourth-order valence-electron chi connectivity index (χ4n) is 3.66. The molecule has 2 unspecified atom stereocenters. The molecule has 2 fully saturated rings. The SMILES string of the molecule is CCCNCC1(Cc2cncc(Br)c2)CCOC1C1CC1. The maximum Gasteiger partial charge on any atom is 0.0675 e. The van der Waals surface area contributed by atoms with Crippen molar-refractivity contribution >= 4 is 15.9 Å². The first-order valence-corrected chi connectivity index (χ1v) is 8.94. The molecule has 0 radical (unpaired) electrons. The average molecular weight is 353 g/mol. The fraction of sp³-hybridized carbons (Fsp3) is 0.706. The predicted octanol–water partition coefficient (Wildman–Crippen LogP) is 3.57. The molecule has 1 saturated heterocycles. The minimum absolute atomic E-state index is 0.249. The lowest BCUT2D eigenvalue weighted by Crippen LogP contribution is -2.43. The summed E-state index contributed by atoms with van der Waals surface area (Å²) in [7, 11) is 0. The van der Waals surface area contributed by atoms with Crippen molar-refractivity contribution in [3.05, 3.63) is 28.5 Å². The van der Waals surface area contributed by atoms with Crippen LogP contribution in [0.15, 0.2) is 22.9 Å². The lowest BCUT2D eigenvalue weighted by atomic mass is 9.74. The number of nitrogens with zero attached hydrogens (tertiary/aromatic N) is 1. The second-order valence-corrected chi connectivity index (χ2v) is 7.52. The van der Waals surface area contributed by atoms with E-state index in [1.54, 1.807) is 0 Å². The highest BCUT2D eigenvalue weighted by Crippen LogP contribution is 2.49. The summed E-state index contributed by atoms with van der Waals surface area (Å²) in [5, 5.41) is 3.65. The van der Waals surface area contributed by atoms with E-state index in [1.165, 1.54) is 24.8 Å². The lowest BCUT2D eigenvalue weighted by molar-refractivity contribution is 0.0307. The highest BCUT2D eigenvalue weighted by molar-refractivity contribution is 9.10. The molecule has 4 heteroatoms. The minimum Gasteiger partial charge on any atom is -0.377 e.